The molecule has 1 fully saturated rings. The molecule has 0 bridgehead atoms. The highest BCUT2D eigenvalue weighted by Gasteiger charge is 2.19. The van der Waals surface area contributed by atoms with Crippen molar-refractivity contribution in [1.82, 2.24) is 0 Å². The zero-order valence-electron chi connectivity index (χ0n) is 13.5. The van der Waals surface area contributed by atoms with E-state index in [1.165, 1.54) is 12.8 Å². The maximum Gasteiger partial charge on any atom is 0.255 e. The van der Waals surface area contributed by atoms with Crippen molar-refractivity contribution in [3.05, 3.63) is 52.5 Å². The molecular weight excluding hydrogens is 370 g/mol. The number of methoxy groups -OCH3 is 1. The molecule has 2 aromatic rings. The summed E-state index contributed by atoms with van der Waals surface area (Å²) in [4.78, 5) is 12.4. The third kappa shape index (κ3) is 4.09. The lowest BCUT2D eigenvalue weighted by atomic mass is 10.2. The summed E-state index contributed by atoms with van der Waals surface area (Å²) in [6.07, 6.45) is 4.77. The van der Waals surface area contributed by atoms with Gasteiger partial charge >= 0.3 is 0 Å². The van der Waals surface area contributed by atoms with Crippen LogP contribution in [0.5, 0.6) is 11.5 Å². The first-order valence-corrected chi connectivity index (χ1v) is 8.86. The molecule has 3 rings (SSSR count). The summed E-state index contributed by atoms with van der Waals surface area (Å²) in [5.41, 5.74) is 1.28. The molecule has 5 heteroatoms. The second-order valence-corrected chi connectivity index (χ2v) is 6.77. The van der Waals surface area contributed by atoms with Gasteiger partial charge < -0.3 is 14.8 Å². The van der Waals surface area contributed by atoms with Gasteiger partial charge in [-0.05, 0) is 56.0 Å². The van der Waals surface area contributed by atoms with Crippen molar-refractivity contribution in [2.45, 2.75) is 31.8 Å². The number of ether oxygens (including phenoxy) is 2. The standard InChI is InChI=1S/C19H20BrNO3/c1-23-17-10-9-15(12-18(17)24-16-7-2-3-8-16)21-19(22)13-5-4-6-14(20)11-13/h4-6,9-12,16H,2-3,7-8H2,1H3,(H,21,22). The van der Waals surface area contributed by atoms with Gasteiger partial charge in [0.1, 0.15) is 0 Å². The van der Waals surface area contributed by atoms with E-state index >= 15 is 0 Å². The summed E-state index contributed by atoms with van der Waals surface area (Å²) in [6, 6.07) is 12.7. The van der Waals surface area contributed by atoms with Gasteiger partial charge in [0, 0.05) is 21.8 Å². The van der Waals surface area contributed by atoms with Crippen molar-refractivity contribution >= 4 is 27.5 Å². The van der Waals surface area contributed by atoms with Crippen LogP contribution in [0.1, 0.15) is 36.0 Å². The van der Waals surface area contributed by atoms with Crippen molar-refractivity contribution in [3.63, 3.8) is 0 Å². The van der Waals surface area contributed by atoms with E-state index in [2.05, 4.69) is 21.2 Å². The summed E-state index contributed by atoms with van der Waals surface area (Å²) in [5.74, 6) is 1.20. The predicted octanol–water partition coefficient (Wildman–Crippen LogP) is 5.03. The van der Waals surface area contributed by atoms with Crippen molar-refractivity contribution in [3.8, 4) is 11.5 Å². The van der Waals surface area contributed by atoms with Gasteiger partial charge in [-0.3, -0.25) is 4.79 Å². The highest BCUT2D eigenvalue weighted by atomic mass is 79.9. The topological polar surface area (TPSA) is 47.6 Å². The molecule has 1 amide bonds. The van der Waals surface area contributed by atoms with Crippen LogP contribution in [0.4, 0.5) is 5.69 Å². The molecule has 4 nitrogen and oxygen atoms in total. The minimum Gasteiger partial charge on any atom is -0.493 e. The lowest BCUT2D eigenvalue weighted by Crippen LogP contribution is -2.14. The number of rotatable bonds is 5. The first kappa shape index (κ1) is 16.8. The Morgan fingerprint density at radius 2 is 1.92 bits per heavy atom. The van der Waals surface area contributed by atoms with Crippen LogP contribution in [-0.2, 0) is 0 Å². The number of carbonyl (C=O) groups excluding carboxylic acids is 1. The second kappa shape index (κ2) is 7.71. The molecule has 0 aromatic heterocycles. The van der Waals surface area contributed by atoms with E-state index in [1.54, 1.807) is 19.2 Å². The van der Waals surface area contributed by atoms with E-state index in [9.17, 15) is 4.79 Å². The van der Waals surface area contributed by atoms with Gasteiger partial charge in [0.15, 0.2) is 11.5 Å². The molecule has 0 radical (unpaired) electrons. The molecule has 1 saturated carbocycles. The Labute approximate surface area is 150 Å². The van der Waals surface area contributed by atoms with Crippen LogP contribution in [0, 0.1) is 0 Å². The van der Waals surface area contributed by atoms with Gasteiger partial charge in [0.25, 0.3) is 5.91 Å². The molecular formula is C19H20BrNO3. The summed E-state index contributed by atoms with van der Waals surface area (Å²) in [7, 11) is 1.62. The zero-order valence-corrected chi connectivity index (χ0v) is 15.1. The first-order valence-electron chi connectivity index (χ1n) is 8.07. The van der Waals surface area contributed by atoms with Crippen LogP contribution in [0.15, 0.2) is 46.9 Å². The van der Waals surface area contributed by atoms with Crippen molar-refractivity contribution in [2.24, 2.45) is 0 Å². The molecule has 0 spiro atoms. The van der Waals surface area contributed by atoms with Crippen LogP contribution in [0.25, 0.3) is 0 Å². The van der Waals surface area contributed by atoms with Gasteiger partial charge in [-0.15, -0.1) is 0 Å². The Kier molecular flexibility index (Phi) is 5.41. The Hall–Kier alpha value is -2.01. The fourth-order valence-corrected chi connectivity index (χ4v) is 3.26. The average molecular weight is 390 g/mol. The number of nitrogens with one attached hydrogen (secondary N) is 1. The van der Waals surface area contributed by atoms with Gasteiger partial charge in [-0.2, -0.15) is 0 Å². The van der Waals surface area contributed by atoms with Crippen LogP contribution >= 0.6 is 15.9 Å². The Balaban J connectivity index is 1.76. The molecule has 1 aliphatic rings. The van der Waals surface area contributed by atoms with Gasteiger partial charge in [0.05, 0.1) is 13.2 Å². The van der Waals surface area contributed by atoms with Crippen LogP contribution in [0.2, 0.25) is 0 Å². The molecule has 0 unspecified atom stereocenters. The first-order chi connectivity index (χ1) is 11.7. The number of amides is 1. The normalized spacial score (nSPS) is 14.4. The Morgan fingerprint density at radius 1 is 1.12 bits per heavy atom. The van der Waals surface area contributed by atoms with E-state index in [4.69, 9.17) is 9.47 Å². The summed E-state index contributed by atoms with van der Waals surface area (Å²) < 4.78 is 12.3. The smallest absolute Gasteiger partial charge is 0.255 e. The summed E-state index contributed by atoms with van der Waals surface area (Å²) in [6.45, 7) is 0. The van der Waals surface area contributed by atoms with Crippen molar-refractivity contribution in [1.29, 1.82) is 0 Å². The number of hydrogen-bond acceptors (Lipinski definition) is 3. The monoisotopic (exact) mass is 389 g/mol. The third-order valence-electron chi connectivity index (χ3n) is 4.10. The van der Waals surface area contributed by atoms with Crippen LogP contribution in [-0.4, -0.2) is 19.1 Å². The number of halogens is 1. The maximum atomic E-state index is 12.4. The molecule has 24 heavy (non-hydrogen) atoms. The molecule has 126 valence electrons. The lowest BCUT2D eigenvalue weighted by molar-refractivity contribution is 0.102. The highest BCUT2D eigenvalue weighted by molar-refractivity contribution is 9.10. The van der Waals surface area contributed by atoms with Crippen LogP contribution in [0.3, 0.4) is 0 Å². The minimum absolute atomic E-state index is 0.159. The largest absolute Gasteiger partial charge is 0.493 e. The van der Waals surface area contributed by atoms with E-state index in [-0.39, 0.29) is 12.0 Å². The Morgan fingerprint density at radius 3 is 2.62 bits per heavy atom. The molecule has 1 N–H and O–H groups in total. The third-order valence-corrected chi connectivity index (χ3v) is 4.60. The van der Waals surface area contributed by atoms with E-state index < -0.39 is 0 Å². The number of benzene rings is 2. The van der Waals surface area contributed by atoms with Gasteiger partial charge in [-0.1, -0.05) is 22.0 Å². The predicted molar refractivity (Wildman–Crippen MR) is 98.0 cm³/mol. The second-order valence-electron chi connectivity index (χ2n) is 5.85. The molecule has 1 aliphatic carbocycles. The lowest BCUT2D eigenvalue weighted by Gasteiger charge is -2.17. The number of carbonyl (C=O) groups is 1. The fraction of sp³-hybridized carbons (Fsp3) is 0.316. The van der Waals surface area contributed by atoms with E-state index in [0.29, 0.717) is 22.7 Å². The molecule has 0 heterocycles. The number of hydrogen-bond donors (Lipinski definition) is 1. The SMILES string of the molecule is COc1ccc(NC(=O)c2cccc(Br)c2)cc1OC1CCCC1. The van der Waals surface area contributed by atoms with Crippen molar-refractivity contribution in [2.75, 3.05) is 12.4 Å². The molecule has 0 atom stereocenters. The molecule has 2 aromatic carbocycles. The minimum atomic E-state index is -0.159. The van der Waals surface area contributed by atoms with E-state index in [0.717, 1.165) is 17.3 Å². The van der Waals surface area contributed by atoms with Crippen LogP contribution < -0.4 is 14.8 Å². The number of anilines is 1. The van der Waals surface area contributed by atoms with Gasteiger partial charge in [-0.25, -0.2) is 0 Å². The van der Waals surface area contributed by atoms with Crippen molar-refractivity contribution < 1.29 is 14.3 Å². The Bertz CT molecular complexity index is 726. The summed E-state index contributed by atoms with van der Waals surface area (Å²) >= 11 is 3.38. The van der Waals surface area contributed by atoms with Gasteiger partial charge in [0.2, 0.25) is 0 Å². The zero-order chi connectivity index (χ0) is 16.9. The van der Waals surface area contributed by atoms with E-state index in [1.807, 2.05) is 30.3 Å². The molecule has 0 aliphatic heterocycles. The highest BCUT2D eigenvalue weighted by Crippen LogP contribution is 2.34. The maximum absolute atomic E-state index is 12.4. The average Bonchev–Trinajstić information content (AvgIpc) is 3.08. The quantitative estimate of drug-likeness (QED) is 0.779. The summed E-state index contributed by atoms with van der Waals surface area (Å²) in [5, 5.41) is 2.91. The molecule has 0 saturated heterocycles. The fourth-order valence-electron chi connectivity index (χ4n) is 2.87.